The zero-order valence-corrected chi connectivity index (χ0v) is 17.6. The molecule has 5 nitrogen and oxygen atoms in total. The van der Waals surface area contributed by atoms with Crippen molar-refractivity contribution in [3.05, 3.63) is 77.4 Å². The highest BCUT2D eigenvalue weighted by Crippen LogP contribution is 2.24. The highest BCUT2D eigenvalue weighted by atomic mass is 16.5. The molecule has 1 fully saturated rings. The van der Waals surface area contributed by atoms with Gasteiger partial charge in [-0.25, -0.2) is 4.98 Å². The molecule has 29 heavy (non-hydrogen) atoms. The standard InChI is InChI=1S/C24H30N4O/c1-19-5-4-6-23(20(19)2)28-15-13-27(14-16-28)17-21-7-9-22(10-8-21)29-18-24-25-11-12-26(24)3/h4-12H,13-18H2,1-3H3. The van der Waals surface area contributed by atoms with Crippen molar-refractivity contribution in [2.45, 2.75) is 27.0 Å². The van der Waals surface area contributed by atoms with Gasteiger partial charge in [0.2, 0.25) is 0 Å². The SMILES string of the molecule is Cc1cccc(N2CCN(Cc3ccc(OCc4nccn4C)cc3)CC2)c1C. The summed E-state index contributed by atoms with van der Waals surface area (Å²) in [5, 5.41) is 0. The van der Waals surface area contributed by atoms with E-state index in [0.717, 1.165) is 44.3 Å². The predicted octanol–water partition coefficient (Wildman–Crippen LogP) is 3.94. The Morgan fingerprint density at radius 2 is 1.72 bits per heavy atom. The van der Waals surface area contributed by atoms with Gasteiger partial charge in [-0.15, -0.1) is 0 Å². The number of rotatable bonds is 6. The number of nitrogens with zero attached hydrogens (tertiary/aromatic N) is 4. The van der Waals surface area contributed by atoms with Crippen molar-refractivity contribution < 1.29 is 4.74 Å². The van der Waals surface area contributed by atoms with E-state index in [1.54, 1.807) is 6.20 Å². The first-order chi connectivity index (χ1) is 14.1. The van der Waals surface area contributed by atoms with E-state index < -0.39 is 0 Å². The van der Waals surface area contributed by atoms with Gasteiger partial charge in [0, 0.05) is 57.9 Å². The zero-order valence-electron chi connectivity index (χ0n) is 17.6. The molecule has 5 heteroatoms. The lowest BCUT2D eigenvalue weighted by Gasteiger charge is -2.37. The minimum atomic E-state index is 0.489. The number of aryl methyl sites for hydroxylation is 2. The third-order valence-corrected chi connectivity index (χ3v) is 5.91. The number of benzene rings is 2. The number of hydrogen-bond donors (Lipinski definition) is 0. The molecule has 4 rings (SSSR count). The van der Waals surface area contributed by atoms with Gasteiger partial charge in [-0.1, -0.05) is 24.3 Å². The maximum atomic E-state index is 5.86. The molecule has 2 aromatic carbocycles. The number of anilines is 1. The lowest BCUT2D eigenvalue weighted by Crippen LogP contribution is -2.46. The molecule has 1 aromatic heterocycles. The molecule has 1 aliphatic heterocycles. The van der Waals surface area contributed by atoms with E-state index in [2.05, 4.69) is 71.1 Å². The smallest absolute Gasteiger partial charge is 0.146 e. The highest BCUT2D eigenvalue weighted by Gasteiger charge is 2.18. The fourth-order valence-electron chi connectivity index (χ4n) is 3.86. The molecule has 1 saturated heterocycles. The summed E-state index contributed by atoms with van der Waals surface area (Å²) in [6, 6.07) is 15.1. The average Bonchev–Trinajstić information content (AvgIpc) is 3.15. The molecule has 152 valence electrons. The van der Waals surface area contributed by atoms with Crippen LogP contribution in [-0.4, -0.2) is 40.6 Å². The van der Waals surface area contributed by atoms with Gasteiger partial charge >= 0.3 is 0 Å². The molecule has 0 radical (unpaired) electrons. The van der Waals surface area contributed by atoms with Gasteiger partial charge in [-0.05, 0) is 48.7 Å². The highest BCUT2D eigenvalue weighted by molar-refractivity contribution is 5.56. The average molecular weight is 391 g/mol. The summed E-state index contributed by atoms with van der Waals surface area (Å²) >= 11 is 0. The molecule has 3 aromatic rings. The lowest BCUT2D eigenvalue weighted by molar-refractivity contribution is 0.249. The van der Waals surface area contributed by atoms with Crippen LogP contribution in [0.5, 0.6) is 5.75 Å². The second-order valence-electron chi connectivity index (χ2n) is 7.87. The molecule has 0 bridgehead atoms. The molecular formula is C24H30N4O. The van der Waals surface area contributed by atoms with E-state index >= 15 is 0 Å². The quantitative estimate of drug-likeness (QED) is 0.638. The van der Waals surface area contributed by atoms with Gasteiger partial charge in [0.15, 0.2) is 0 Å². The van der Waals surface area contributed by atoms with Crippen LogP contribution in [0.2, 0.25) is 0 Å². The third kappa shape index (κ3) is 4.62. The Kier molecular flexibility index (Phi) is 5.86. The van der Waals surface area contributed by atoms with E-state index in [4.69, 9.17) is 4.74 Å². The largest absolute Gasteiger partial charge is 0.486 e. The molecule has 0 spiro atoms. The molecule has 0 unspecified atom stereocenters. The van der Waals surface area contributed by atoms with Crippen LogP contribution in [0.1, 0.15) is 22.5 Å². The number of aromatic nitrogens is 2. The van der Waals surface area contributed by atoms with Gasteiger partial charge < -0.3 is 14.2 Å². The van der Waals surface area contributed by atoms with Crippen LogP contribution in [0.25, 0.3) is 0 Å². The number of ether oxygens (including phenoxy) is 1. The van der Waals surface area contributed by atoms with E-state index in [0.29, 0.717) is 6.61 Å². The molecule has 0 N–H and O–H groups in total. The number of piperazine rings is 1. The van der Waals surface area contributed by atoms with Crippen molar-refractivity contribution >= 4 is 5.69 Å². The fourth-order valence-corrected chi connectivity index (χ4v) is 3.86. The molecule has 0 aliphatic carbocycles. The minimum absolute atomic E-state index is 0.489. The maximum absolute atomic E-state index is 5.86. The summed E-state index contributed by atoms with van der Waals surface area (Å²) in [4.78, 5) is 9.35. The summed E-state index contributed by atoms with van der Waals surface area (Å²) in [7, 11) is 1.98. The van der Waals surface area contributed by atoms with Gasteiger partial charge in [0.1, 0.15) is 18.2 Å². The first-order valence-electron chi connectivity index (χ1n) is 10.3. The normalized spacial score (nSPS) is 14.9. The van der Waals surface area contributed by atoms with Gasteiger partial charge in [-0.2, -0.15) is 0 Å². The van der Waals surface area contributed by atoms with Crippen molar-refractivity contribution in [3.63, 3.8) is 0 Å². The topological polar surface area (TPSA) is 33.5 Å². The summed E-state index contributed by atoms with van der Waals surface area (Å²) < 4.78 is 7.83. The summed E-state index contributed by atoms with van der Waals surface area (Å²) in [6.07, 6.45) is 3.73. The van der Waals surface area contributed by atoms with E-state index in [1.165, 1.54) is 22.4 Å². The van der Waals surface area contributed by atoms with E-state index in [9.17, 15) is 0 Å². The van der Waals surface area contributed by atoms with Crippen LogP contribution in [0.3, 0.4) is 0 Å². The second kappa shape index (κ2) is 8.70. The molecular weight excluding hydrogens is 360 g/mol. The molecule has 2 heterocycles. The number of hydrogen-bond acceptors (Lipinski definition) is 4. The van der Waals surface area contributed by atoms with Crippen molar-refractivity contribution in [3.8, 4) is 5.75 Å². The summed E-state index contributed by atoms with van der Waals surface area (Å²) in [6.45, 7) is 10.2. The van der Waals surface area contributed by atoms with Crippen molar-refractivity contribution in [1.29, 1.82) is 0 Å². The molecule has 0 amide bonds. The molecule has 0 saturated carbocycles. The van der Waals surface area contributed by atoms with Crippen LogP contribution in [0.4, 0.5) is 5.69 Å². The van der Waals surface area contributed by atoms with Gasteiger partial charge in [0.25, 0.3) is 0 Å². The van der Waals surface area contributed by atoms with Crippen molar-refractivity contribution in [2.75, 3.05) is 31.1 Å². The van der Waals surface area contributed by atoms with Crippen molar-refractivity contribution in [2.24, 2.45) is 7.05 Å². The molecule has 0 atom stereocenters. The Morgan fingerprint density at radius 1 is 0.966 bits per heavy atom. The first kappa shape index (κ1) is 19.5. The Labute approximate surface area is 173 Å². The Hall–Kier alpha value is -2.79. The maximum Gasteiger partial charge on any atom is 0.146 e. The second-order valence-corrected chi connectivity index (χ2v) is 7.87. The van der Waals surface area contributed by atoms with Gasteiger partial charge in [0.05, 0.1) is 0 Å². The monoisotopic (exact) mass is 390 g/mol. The van der Waals surface area contributed by atoms with E-state index in [-0.39, 0.29) is 0 Å². The summed E-state index contributed by atoms with van der Waals surface area (Å²) in [5.41, 5.74) is 5.49. The Morgan fingerprint density at radius 3 is 2.41 bits per heavy atom. The van der Waals surface area contributed by atoms with Crippen LogP contribution < -0.4 is 9.64 Å². The van der Waals surface area contributed by atoms with Gasteiger partial charge in [-0.3, -0.25) is 4.90 Å². The Balaban J connectivity index is 1.28. The van der Waals surface area contributed by atoms with Crippen LogP contribution in [0.15, 0.2) is 54.9 Å². The minimum Gasteiger partial charge on any atom is -0.486 e. The van der Waals surface area contributed by atoms with Crippen LogP contribution in [0, 0.1) is 13.8 Å². The lowest BCUT2D eigenvalue weighted by atomic mass is 10.1. The summed E-state index contributed by atoms with van der Waals surface area (Å²) in [5.74, 6) is 1.81. The first-order valence-corrected chi connectivity index (χ1v) is 10.3. The zero-order chi connectivity index (χ0) is 20.2. The molecule has 1 aliphatic rings. The third-order valence-electron chi connectivity index (χ3n) is 5.91. The Bertz CT molecular complexity index is 940. The van der Waals surface area contributed by atoms with Crippen molar-refractivity contribution in [1.82, 2.24) is 14.5 Å². The predicted molar refractivity (Wildman–Crippen MR) is 117 cm³/mol. The fraction of sp³-hybridized carbons (Fsp3) is 0.375. The van der Waals surface area contributed by atoms with E-state index in [1.807, 2.05) is 17.8 Å². The van der Waals surface area contributed by atoms with Crippen LogP contribution in [-0.2, 0) is 20.2 Å². The number of imidazole rings is 1. The van der Waals surface area contributed by atoms with Crippen LogP contribution >= 0.6 is 0 Å².